The van der Waals surface area contributed by atoms with Gasteiger partial charge >= 0.3 is 5.97 Å². The number of carboxylic acids is 1. The van der Waals surface area contributed by atoms with Crippen molar-refractivity contribution in [1.82, 2.24) is 15.6 Å². The topological polar surface area (TPSA) is 180 Å². The summed E-state index contributed by atoms with van der Waals surface area (Å²) in [5, 5.41) is 15.6. The maximum absolute atomic E-state index is 13.1. The molecule has 3 amide bonds. The molecule has 1 heterocycles. The van der Waals surface area contributed by atoms with Crippen molar-refractivity contribution < 1.29 is 24.3 Å². The van der Waals surface area contributed by atoms with Crippen molar-refractivity contribution >= 4 is 34.6 Å². The number of hydrogen-bond donors (Lipinski definition) is 6. The van der Waals surface area contributed by atoms with E-state index in [0.717, 1.165) is 16.5 Å². The minimum atomic E-state index is -1.15. The Kier molecular flexibility index (Phi) is 8.77. The Hall–Kier alpha value is -3.40. The standard InChI is InChI=1S/C22H31N5O5/c1-3-12(2)19(22(31)32)27-21(30)17(26-20(29)15(23)8-9-18(24)28)10-13-11-25-16-7-5-4-6-14(13)16/h4-7,11-12,15,17,19,25H,3,8-10,23H2,1-2H3,(H2,24,28)(H,26,29)(H,27,30)(H,31,32). The van der Waals surface area contributed by atoms with Crippen LogP contribution in [-0.2, 0) is 25.6 Å². The predicted octanol–water partition coefficient (Wildman–Crippen LogP) is 0.404. The van der Waals surface area contributed by atoms with Crippen molar-refractivity contribution in [2.24, 2.45) is 17.4 Å². The van der Waals surface area contributed by atoms with E-state index in [9.17, 15) is 24.3 Å². The molecule has 0 fully saturated rings. The molecule has 8 N–H and O–H groups in total. The number of fused-ring (bicyclic) bond motifs is 1. The van der Waals surface area contributed by atoms with E-state index >= 15 is 0 Å². The minimum Gasteiger partial charge on any atom is -0.480 e. The van der Waals surface area contributed by atoms with E-state index in [1.807, 2.05) is 31.2 Å². The first-order chi connectivity index (χ1) is 15.1. The van der Waals surface area contributed by atoms with Crippen LogP contribution in [0.15, 0.2) is 30.5 Å². The van der Waals surface area contributed by atoms with Crippen molar-refractivity contribution in [1.29, 1.82) is 0 Å². The Bertz CT molecular complexity index is 973. The highest BCUT2D eigenvalue weighted by molar-refractivity contribution is 5.93. The fraction of sp³-hybridized carbons (Fsp3) is 0.455. The molecule has 10 nitrogen and oxygen atoms in total. The number of aromatic amines is 1. The number of aliphatic carboxylic acids is 1. The molecule has 0 radical (unpaired) electrons. The van der Waals surface area contributed by atoms with E-state index in [4.69, 9.17) is 11.5 Å². The van der Waals surface area contributed by atoms with Crippen LogP contribution < -0.4 is 22.1 Å². The second kappa shape index (κ2) is 11.3. The summed E-state index contributed by atoms with van der Waals surface area (Å²) >= 11 is 0. The van der Waals surface area contributed by atoms with E-state index < -0.39 is 41.8 Å². The Balaban J connectivity index is 2.24. The van der Waals surface area contributed by atoms with Gasteiger partial charge < -0.3 is 32.2 Å². The Morgan fingerprint density at radius 3 is 2.44 bits per heavy atom. The minimum absolute atomic E-state index is 0.0349. The number of nitrogens with one attached hydrogen (secondary N) is 3. The van der Waals surface area contributed by atoms with Gasteiger partial charge in [-0.25, -0.2) is 4.79 Å². The molecule has 2 aromatic rings. The van der Waals surface area contributed by atoms with Gasteiger partial charge in [0.2, 0.25) is 17.7 Å². The molecule has 0 saturated carbocycles. The number of carbonyl (C=O) groups is 4. The molecule has 0 bridgehead atoms. The molecule has 4 atom stereocenters. The van der Waals surface area contributed by atoms with Gasteiger partial charge in [0.15, 0.2) is 0 Å². The average Bonchev–Trinajstić information content (AvgIpc) is 3.17. The Labute approximate surface area is 186 Å². The maximum Gasteiger partial charge on any atom is 0.326 e. The molecule has 4 unspecified atom stereocenters. The van der Waals surface area contributed by atoms with Crippen LogP contribution in [0.4, 0.5) is 0 Å². The van der Waals surface area contributed by atoms with Crippen molar-refractivity contribution in [3.05, 3.63) is 36.0 Å². The molecule has 0 aliphatic rings. The summed E-state index contributed by atoms with van der Waals surface area (Å²) in [6.07, 6.45) is 2.38. The first-order valence-corrected chi connectivity index (χ1v) is 10.6. The van der Waals surface area contributed by atoms with Gasteiger partial charge in [0.05, 0.1) is 6.04 Å². The molecule has 0 spiro atoms. The van der Waals surface area contributed by atoms with Crippen molar-refractivity contribution in [3.63, 3.8) is 0 Å². The molecule has 32 heavy (non-hydrogen) atoms. The van der Waals surface area contributed by atoms with Crippen molar-refractivity contribution in [3.8, 4) is 0 Å². The van der Waals surface area contributed by atoms with Crippen LogP contribution >= 0.6 is 0 Å². The van der Waals surface area contributed by atoms with E-state index in [-0.39, 0.29) is 25.2 Å². The predicted molar refractivity (Wildman–Crippen MR) is 119 cm³/mol. The highest BCUT2D eigenvalue weighted by Gasteiger charge is 2.31. The number of H-pyrrole nitrogens is 1. The highest BCUT2D eigenvalue weighted by Crippen LogP contribution is 2.19. The van der Waals surface area contributed by atoms with Crippen LogP contribution in [0.5, 0.6) is 0 Å². The number of nitrogens with two attached hydrogens (primary N) is 2. The van der Waals surface area contributed by atoms with Gasteiger partial charge in [-0.1, -0.05) is 38.5 Å². The number of amides is 3. The van der Waals surface area contributed by atoms with Crippen molar-refractivity contribution in [2.45, 2.75) is 57.7 Å². The second-order valence-corrected chi connectivity index (χ2v) is 7.95. The van der Waals surface area contributed by atoms with E-state index in [1.54, 1.807) is 13.1 Å². The third-order valence-corrected chi connectivity index (χ3v) is 5.55. The molecule has 174 valence electrons. The average molecular weight is 446 g/mol. The number of rotatable bonds is 12. The van der Waals surface area contributed by atoms with Crippen LogP contribution in [0.3, 0.4) is 0 Å². The number of para-hydroxylation sites is 1. The summed E-state index contributed by atoms with van der Waals surface area (Å²) in [5.74, 6) is -3.29. The number of aromatic nitrogens is 1. The number of carbonyl (C=O) groups excluding carboxylic acids is 3. The lowest BCUT2D eigenvalue weighted by molar-refractivity contribution is -0.143. The maximum atomic E-state index is 13.1. The fourth-order valence-electron chi connectivity index (χ4n) is 3.37. The number of carboxylic acid groups (broad SMARTS) is 1. The number of hydrogen-bond acceptors (Lipinski definition) is 5. The summed E-state index contributed by atoms with van der Waals surface area (Å²) in [5.41, 5.74) is 12.6. The van der Waals surface area contributed by atoms with Gasteiger partial charge in [-0.15, -0.1) is 0 Å². The lowest BCUT2D eigenvalue weighted by Gasteiger charge is -2.25. The van der Waals surface area contributed by atoms with Crippen molar-refractivity contribution in [2.75, 3.05) is 0 Å². The summed E-state index contributed by atoms with van der Waals surface area (Å²) in [7, 11) is 0. The number of benzene rings is 1. The zero-order valence-electron chi connectivity index (χ0n) is 18.3. The normalized spacial score (nSPS) is 14.8. The first kappa shape index (κ1) is 24.9. The third kappa shape index (κ3) is 6.55. The van der Waals surface area contributed by atoms with Gasteiger partial charge in [0.25, 0.3) is 0 Å². The molecule has 0 aliphatic heterocycles. The SMILES string of the molecule is CCC(C)C(NC(=O)C(Cc1c[nH]c2ccccc12)NC(=O)C(N)CCC(N)=O)C(=O)O. The zero-order valence-corrected chi connectivity index (χ0v) is 18.3. The van der Waals surface area contributed by atoms with Crippen LogP contribution in [0, 0.1) is 5.92 Å². The monoisotopic (exact) mass is 445 g/mol. The molecule has 0 aliphatic carbocycles. The van der Waals surface area contributed by atoms with Gasteiger partial charge in [-0.2, -0.15) is 0 Å². The Morgan fingerprint density at radius 1 is 1.12 bits per heavy atom. The molecular weight excluding hydrogens is 414 g/mol. The zero-order chi connectivity index (χ0) is 23.8. The number of primary amides is 1. The smallest absolute Gasteiger partial charge is 0.326 e. The summed E-state index contributed by atoms with van der Waals surface area (Å²) in [6.45, 7) is 3.56. The van der Waals surface area contributed by atoms with Crippen LogP contribution in [0.2, 0.25) is 0 Å². The van der Waals surface area contributed by atoms with Gasteiger partial charge in [-0.05, 0) is 24.0 Å². The summed E-state index contributed by atoms with van der Waals surface area (Å²) < 4.78 is 0. The molecule has 1 aromatic heterocycles. The third-order valence-electron chi connectivity index (χ3n) is 5.55. The highest BCUT2D eigenvalue weighted by atomic mass is 16.4. The van der Waals surface area contributed by atoms with Crippen LogP contribution in [-0.4, -0.2) is 51.9 Å². The lowest BCUT2D eigenvalue weighted by atomic mass is 9.98. The molecule has 10 heteroatoms. The van der Waals surface area contributed by atoms with Gasteiger partial charge in [0.1, 0.15) is 12.1 Å². The fourth-order valence-corrected chi connectivity index (χ4v) is 3.37. The van der Waals surface area contributed by atoms with Gasteiger partial charge in [-0.3, -0.25) is 14.4 Å². The largest absolute Gasteiger partial charge is 0.480 e. The van der Waals surface area contributed by atoms with E-state index in [0.29, 0.717) is 6.42 Å². The van der Waals surface area contributed by atoms with E-state index in [1.165, 1.54) is 0 Å². The molecule has 0 saturated heterocycles. The molecule has 2 rings (SSSR count). The second-order valence-electron chi connectivity index (χ2n) is 7.95. The lowest BCUT2D eigenvalue weighted by Crippen LogP contribution is -2.56. The molecule has 1 aromatic carbocycles. The summed E-state index contributed by atoms with van der Waals surface area (Å²) in [4.78, 5) is 51.4. The van der Waals surface area contributed by atoms with Crippen LogP contribution in [0.25, 0.3) is 10.9 Å². The first-order valence-electron chi connectivity index (χ1n) is 10.6. The summed E-state index contributed by atoms with van der Waals surface area (Å²) in [6, 6.07) is 4.30. The molecular formula is C22H31N5O5. The van der Waals surface area contributed by atoms with Crippen LogP contribution in [0.1, 0.15) is 38.7 Å². The quantitative estimate of drug-likeness (QED) is 0.275. The van der Waals surface area contributed by atoms with Gasteiger partial charge in [0, 0.05) is 29.9 Å². The van der Waals surface area contributed by atoms with E-state index in [2.05, 4.69) is 15.6 Å². The Morgan fingerprint density at radius 2 is 1.81 bits per heavy atom.